The van der Waals surface area contributed by atoms with Gasteiger partial charge in [0.25, 0.3) is 0 Å². The van der Waals surface area contributed by atoms with Crippen LogP contribution in [0.1, 0.15) is 21.5 Å². The highest BCUT2D eigenvalue weighted by molar-refractivity contribution is 7.89. The zero-order valence-corrected chi connectivity index (χ0v) is 10.5. The van der Waals surface area contributed by atoms with Crippen LogP contribution < -0.4 is 5.14 Å². The van der Waals surface area contributed by atoms with Gasteiger partial charge in [-0.1, -0.05) is 6.07 Å². The standard InChI is InChI=1S/C11H14N2O4S/c12-18(16,17)4-3-13-6-9-2-1-8(11(14)15)5-10(9)7-13/h1-2,5H,3-4,6-7H2,(H,14,15)(H2,12,16,17). The van der Waals surface area contributed by atoms with Gasteiger partial charge >= 0.3 is 5.97 Å². The summed E-state index contributed by atoms with van der Waals surface area (Å²) in [6.45, 7) is 1.55. The minimum absolute atomic E-state index is 0.0905. The molecule has 3 N–H and O–H groups in total. The maximum atomic E-state index is 10.9. The number of fused-ring (bicyclic) bond motifs is 1. The van der Waals surface area contributed by atoms with Crippen molar-refractivity contribution in [2.45, 2.75) is 13.1 Å². The summed E-state index contributed by atoms with van der Waals surface area (Å²) in [6.07, 6.45) is 0. The van der Waals surface area contributed by atoms with Crippen molar-refractivity contribution in [2.75, 3.05) is 12.3 Å². The molecule has 0 radical (unpaired) electrons. The third-order valence-corrected chi connectivity index (χ3v) is 3.68. The minimum Gasteiger partial charge on any atom is -0.478 e. The fourth-order valence-corrected chi connectivity index (χ4v) is 2.53. The monoisotopic (exact) mass is 270 g/mol. The molecule has 0 bridgehead atoms. The lowest BCUT2D eigenvalue weighted by molar-refractivity contribution is 0.0696. The Kier molecular flexibility index (Phi) is 3.38. The van der Waals surface area contributed by atoms with Gasteiger partial charge < -0.3 is 5.11 Å². The number of nitrogens with zero attached hydrogens (tertiary/aromatic N) is 1. The van der Waals surface area contributed by atoms with Crippen molar-refractivity contribution >= 4 is 16.0 Å². The van der Waals surface area contributed by atoms with E-state index in [9.17, 15) is 13.2 Å². The smallest absolute Gasteiger partial charge is 0.335 e. The largest absolute Gasteiger partial charge is 0.478 e. The molecule has 18 heavy (non-hydrogen) atoms. The molecule has 0 unspecified atom stereocenters. The summed E-state index contributed by atoms with van der Waals surface area (Å²) >= 11 is 0. The Labute approximate surface area is 105 Å². The Hall–Kier alpha value is -1.44. The molecule has 0 spiro atoms. The SMILES string of the molecule is NS(=O)(=O)CCN1Cc2ccc(C(=O)O)cc2C1. The first-order chi connectivity index (χ1) is 8.35. The molecule has 0 saturated heterocycles. The second-order valence-corrected chi connectivity index (χ2v) is 6.10. The van der Waals surface area contributed by atoms with Gasteiger partial charge in [0.2, 0.25) is 10.0 Å². The highest BCUT2D eigenvalue weighted by Gasteiger charge is 2.21. The Morgan fingerprint density at radius 3 is 2.61 bits per heavy atom. The van der Waals surface area contributed by atoms with Crippen molar-refractivity contribution in [3.63, 3.8) is 0 Å². The van der Waals surface area contributed by atoms with Gasteiger partial charge in [-0.2, -0.15) is 0 Å². The lowest BCUT2D eigenvalue weighted by atomic mass is 10.1. The van der Waals surface area contributed by atoms with Crippen LogP contribution in [0.15, 0.2) is 18.2 Å². The van der Waals surface area contributed by atoms with Gasteiger partial charge in [-0.15, -0.1) is 0 Å². The van der Waals surface area contributed by atoms with E-state index in [1.807, 2.05) is 4.90 Å². The number of sulfonamides is 1. The number of hydrogen-bond acceptors (Lipinski definition) is 4. The third-order valence-electron chi connectivity index (χ3n) is 2.93. The van der Waals surface area contributed by atoms with E-state index >= 15 is 0 Å². The van der Waals surface area contributed by atoms with Crippen LogP contribution in [0.25, 0.3) is 0 Å². The van der Waals surface area contributed by atoms with E-state index in [2.05, 4.69) is 0 Å². The maximum Gasteiger partial charge on any atom is 0.335 e. The summed E-state index contributed by atoms with van der Waals surface area (Å²) in [5, 5.41) is 13.8. The molecular formula is C11H14N2O4S. The molecule has 0 saturated carbocycles. The Morgan fingerprint density at radius 2 is 2.00 bits per heavy atom. The van der Waals surface area contributed by atoms with Crippen LogP contribution >= 0.6 is 0 Å². The van der Waals surface area contributed by atoms with E-state index in [4.69, 9.17) is 10.2 Å². The fourth-order valence-electron chi connectivity index (χ4n) is 2.01. The highest BCUT2D eigenvalue weighted by atomic mass is 32.2. The molecule has 1 aliphatic rings. The van der Waals surface area contributed by atoms with Crippen LogP contribution in [0.2, 0.25) is 0 Å². The molecule has 0 atom stereocenters. The number of carboxylic acids is 1. The summed E-state index contributed by atoms with van der Waals surface area (Å²) < 4.78 is 21.8. The van der Waals surface area contributed by atoms with Crippen molar-refractivity contribution in [1.82, 2.24) is 4.90 Å². The van der Waals surface area contributed by atoms with Crippen molar-refractivity contribution in [3.05, 3.63) is 34.9 Å². The summed E-state index contributed by atoms with van der Waals surface area (Å²) in [5.74, 6) is -1.05. The van der Waals surface area contributed by atoms with Crippen molar-refractivity contribution in [2.24, 2.45) is 5.14 Å². The van der Waals surface area contributed by atoms with Gasteiger partial charge in [0.05, 0.1) is 11.3 Å². The van der Waals surface area contributed by atoms with Gasteiger partial charge in [0.1, 0.15) is 0 Å². The number of primary sulfonamides is 1. The molecule has 0 aromatic heterocycles. The van der Waals surface area contributed by atoms with Crippen LogP contribution in [0.4, 0.5) is 0 Å². The molecule has 1 heterocycles. The van der Waals surface area contributed by atoms with Gasteiger partial charge in [-0.05, 0) is 23.3 Å². The number of hydrogen-bond donors (Lipinski definition) is 2. The molecule has 1 aliphatic heterocycles. The third kappa shape index (κ3) is 3.06. The Balaban J connectivity index is 2.06. The Bertz CT molecular complexity index is 583. The zero-order valence-electron chi connectivity index (χ0n) is 9.67. The molecule has 0 fully saturated rings. The highest BCUT2D eigenvalue weighted by Crippen LogP contribution is 2.23. The maximum absolute atomic E-state index is 10.9. The van der Waals surface area contributed by atoms with Crippen molar-refractivity contribution in [3.8, 4) is 0 Å². The lowest BCUT2D eigenvalue weighted by Crippen LogP contribution is -2.28. The fraction of sp³-hybridized carbons (Fsp3) is 0.364. The molecule has 2 rings (SSSR count). The summed E-state index contributed by atoms with van der Waals surface area (Å²) in [5.41, 5.74) is 2.22. The lowest BCUT2D eigenvalue weighted by Gasteiger charge is -2.13. The van der Waals surface area contributed by atoms with Crippen LogP contribution in [0, 0.1) is 0 Å². The topological polar surface area (TPSA) is 101 Å². The van der Waals surface area contributed by atoms with Crippen LogP contribution in [-0.2, 0) is 23.1 Å². The normalized spacial score (nSPS) is 15.6. The molecule has 0 aliphatic carbocycles. The van der Waals surface area contributed by atoms with E-state index in [1.165, 1.54) is 0 Å². The van der Waals surface area contributed by atoms with E-state index in [0.717, 1.165) is 11.1 Å². The van der Waals surface area contributed by atoms with Crippen LogP contribution in [0.3, 0.4) is 0 Å². The summed E-state index contributed by atoms with van der Waals surface area (Å²) in [4.78, 5) is 12.8. The number of aromatic carboxylic acids is 1. The minimum atomic E-state index is -3.46. The molecule has 6 nitrogen and oxygen atoms in total. The molecule has 98 valence electrons. The molecule has 1 aromatic carbocycles. The molecule has 7 heteroatoms. The Morgan fingerprint density at radius 1 is 1.33 bits per heavy atom. The first-order valence-electron chi connectivity index (χ1n) is 5.43. The average Bonchev–Trinajstić information content (AvgIpc) is 2.66. The quantitative estimate of drug-likeness (QED) is 0.801. The van der Waals surface area contributed by atoms with E-state index in [1.54, 1.807) is 18.2 Å². The summed E-state index contributed by atoms with van der Waals surface area (Å²) in [6, 6.07) is 4.97. The van der Waals surface area contributed by atoms with E-state index in [-0.39, 0.29) is 11.3 Å². The molecule has 1 aromatic rings. The second kappa shape index (κ2) is 4.68. The van der Waals surface area contributed by atoms with Gasteiger partial charge in [-0.25, -0.2) is 18.4 Å². The second-order valence-electron chi connectivity index (χ2n) is 4.37. The first kappa shape index (κ1) is 13.0. The number of carbonyl (C=O) groups is 1. The van der Waals surface area contributed by atoms with Gasteiger partial charge in [-0.3, -0.25) is 4.90 Å². The number of nitrogens with two attached hydrogens (primary N) is 1. The van der Waals surface area contributed by atoms with Crippen molar-refractivity contribution < 1.29 is 18.3 Å². The van der Waals surface area contributed by atoms with Crippen LogP contribution in [-0.4, -0.2) is 36.7 Å². The zero-order chi connectivity index (χ0) is 13.3. The van der Waals surface area contributed by atoms with Crippen LogP contribution in [0.5, 0.6) is 0 Å². The van der Waals surface area contributed by atoms with Gasteiger partial charge in [0.15, 0.2) is 0 Å². The molecule has 0 amide bonds. The van der Waals surface area contributed by atoms with Gasteiger partial charge in [0, 0.05) is 19.6 Å². The first-order valence-corrected chi connectivity index (χ1v) is 7.14. The predicted molar refractivity (Wildman–Crippen MR) is 65.5 cm³/mol. The van der Waals surface area contributed by atoms with Crippen molar-refractivity contribution in [1.29, 1.82) is 0 Å². The average molecular weight is 270 g/mol. The molecular weight excluding hydrogens is 256 g/mol. The number of benzene rings is 1. The van der Waals surface area contributed by atoms with E-state index in [0.29, 0.717) is 19.6 Å². The van der Waals surface area contributed by atoms with E-state index < -0.39 is 16.0 Å². The predicted octanol–water partition coefficient (Wildman–Crippen LogP) is -0.0111. The summed E-state index contributed by atoms with van der Waals surface area (Å²) in [7, 11) is -3.46. The number of rotatable bonds is 4. The number of carboxylic acid groups (broad SMARTS) is 1.